The SMILES string of the molecule is C#CC(CC#N)N(CC)CC. The van der Waals surface area contributed by atoms with Gasteiger partial charge in [0.25, 0.3) is 0 Å². The maximum absolute atomic E-state index is 8.44. The van der Waals surface area contributed by atoms with E-state index in [1.54, 1.807) is 0 Å². The molecule has 0 aliphatic heterocycles. The summed E-state index contributed by atoms with van der Waals surface area (Å²) in [6.45, 7) is 5.91. The molecule has 0 aromatic rings. The molecule has 0 aromatic carbocycles. The summed E-state index contributed by atoms with van der Waals surface area (Å²) >= 11 is 0. The van der Waals surface area contributed by atoms with Crippen molar-refractivity contribution in [2.24, 2.45) is 0 Å². The molecule has 1 unspecified atom stereocenters. The highest BCUT2D eigenvalue weighted by Crippen LogP contribution is 2.01. The zero-order valence-corrected chi connectivity index (χ0v) is 7.17. The fourth-order valence-electron chi connectivity index (χ4n) is 1.04. The highest BCUT2D eigenvalue weighted by Gasteiger charge is 2.10. The predicted molar refractivity (Wildman–Crippen MR) is 45.8 cm³/mol. The summed E-state index contributed by atoms with van der Waals surface area (Å²) in [7, 11) is 0. The van der Waals surface area contributed by atoms with Crippen LogP contribution in [-0.2, 0) is 0 Å². The highest BCUT2D eigenvalue weighted by atomic mass is 15.1. The Morgan fingerprint density at radius 3 is 2.27 bits per heavy atom. The fourth-order valence-corrected chi connectivity index (χ4v) is 1.04. The van der Waals surface area contributed by atoms with Gasteiger partial charge in [-0.15, -0.1) is 6.42 Å². The zero-order valence-electron chi connectivity index (χ0n) is 7.17. The standard InChI is InChI=1S/C9H14N2/c1-4-9(7-8-10)11(5-2)6-3/h1,9H,5-7H2,2-3H3. The van der Waals surface area contributed by atoms with Crippen LogP contribution in [0.4, 0.5) is 0 Å². The van der Waals surface area contributed by atoms with Crippen LogP contribution in [-0.4, -0.2) is 24.0 Å². The molecular weight excluding hydrogens is 136 g/mol. The summed E-state index contributed by atoms with van der Waals surface area (Å²) in [6.07, 6.45) is 5.70. The first-order valence-corrected chi connectivity index (χ1v) is 3.87. The van der Waals surface area contributed by atoms with Gasteiger partial charge in [0.05, 0.1) is 18.5 Å². The molecule has 1 atom stereocenters. The van der Waals surface area contributed by atoms with Crippen LogP contribution >= 0.6 is 0 Å². The van der Waals surface area contributed by atoms with Crippen molar-refractivity contribution in [2.75, 3.05) is 13.1 Å². The predicted octanol–water partition coefficient (Wildman–Crippen LogP) is 1.24. The minimum atomic E-state index is -0.00463. The van der Waals surface area contributed by atoms with E-state index in [0.717, 1.165) is 13.1 Å². The summed E-state index contributed by atoms with van der Waals surface area (Å²) in [4.78, 5) is 2.10. The maximum Gasteiger partial charge on any atom is 0.0843 e. The Morgan fingerprint density at radius 2 is 2.00 bits per heavy atom. The molecule has 0 aliphatic carbocycles. The third-order valence-electron chi connectivity index (χ3n) is 1.73. The van der Waals surface area contributed by atoms with Gasteiger partial charge in [0, 0.05) is 0 Å². The molecule has 2 nitrogen and oxygen atoms in total. The van der Waals surface area contributed by atoms with Crippen LogP contribution in [0.2, 0.25) is 0 Å². The molecule has 0 saturated heterocycles. The molecule has 0 amide bonds. The van der Waals surface area contributed by atoms with Gasteiger partial charge in [-0.25, -0.2) is 0 Å². The fraction of sp³-hybridized carbons (Fsp3) is 0.667. The van der Waals surface area contributed by atoms with Gasteiger partial charge in [0.15, 0.2) is 0 Å². The van der Waals surface area contributed by atoms with Crippen molar-refractivity contribution in [3.8, 4) is 18.4 Å². The molecule has 0 spiro atoms. The third-order valence-corrected chi connectivity index (χ3v) is 1.73. The van der Waals surface area contributed by atoms with Crippen molar-refractivity contribution in [1.29, 1.82) is 5.26 Å². The minimum Gasteiger partial charge on any atom is -0.290 e. The molecule has 0 bridgehead atoms. The Kier molecular flexibility index (Phi) is 5.25. The molecule has 0 N–H and O–H groups in total. The van der Waals surface area contributed by atoms with Crippen LogP contribution in [0, 0.1) is 23.7 Å². The Bertz CT molecular complexity index is 169. The average Bonchev–Trinajstić information content (AvgIpc) is 2.05. The quantitative estimate of drug-likeness (QED) is 0.564. The van der Waals surface area contributed by atoms with Crippen molar-refractivity contribution < 1.29 is 0 Å². The van der Waals surface area contributed by atoms with Crippen molar-refractivity contribution in [3.05, 3.63) is 0 Å². The van der Waals surface area contributed by atoms with Crippen LogP contribution in [0.5, 0.6) is 0 Å². The largest absolute Gasteiger partial charge is 0.290 e. The van der Waals surface area contributed by atoms with Gasteiger partial charge in [0.1, 0.15) is 0 Å². The van der Waals surface area contributed by atoms with Gasteiger partial charge in [-0.05, 0) is 13.1 Å². The van der Waals surface area contributed by atoms with Crippen LogP contribution in [0.1, 0.15) is 20.3 Å². The van der Waals surface area contributed by atoms with Crippen molar-refractivity contribution in [3.63, 3.8) is 0 Å². The Hall–Kier alpha value is -0.990. The zero-order chi connectivity index (χ0) is 8.69. The number of hydrogen-bond donors (Lipinski definition) is 0. The highest BCUT2D eigenvalue weighted by molar-refractivity contribution is 5.03. The van der Waals surface area contributed by atoms with Gasteiger partial charge < -0.3 is 0 Å². The molecular formula is C9H14N2. The van der Waals surface area contributed by atoms with Gasteiger partial charge >= 0.3 is 0 Å². The summed E-state index contributed by atoms with van der Waals surface area (Å²) in [6, 6.07) is 2.08. The second-order valence-electron chi connectivity index (χ2n) is 2.27. The topological polar surface area (TPSA) is 27.0 Å². The molecule has 60 valence electrons. The van der Waals surface area contributed by atoms with Crippen LogP contribution in [0.3, 0.4) is 0 Å². The van der Waals surface area contributed by atoms with Gasteiger partial charge in [0.2, 0.25) is 0 Å². The number of hydrogen-bond acceptors (Lipinski definition) is 2. The lowest BCUT2D eigenvalue weighted by Gasteiger charge is -2.22. The van der Waals surface area contributed by atoms with Gasteiger partial charge in [-0.2, -0.15) is 5.26 Å². The maximum atomic E-state index is 8.44. The van der Waals surface area contributed by atoms with E-state index < -0.39 is 0 Å². The van der Waals surface area contributed by atoms with E-state index in [2.05, 4.69) is 16.9 Å². The van der Waals surface area contributed by atoms with Crippen LogP contribution in [0.15, 0.2) is 0 Å². The first-order chi connectivity index (χ1) is 5.29. The molecule has 0 fully saturated rings. The van der Waals surface area contributed by atoms with E-state index in [-0.39, 0.29) is 6.04 Å². The molecule has 0 rings (SSSR count). The first-order valence-electron chi connectivity index (χ1n) is 3.87. The smallest absolute Gasteiger partial charge is 0.0843 e. The lowest BCUT2D eigenvalue weighted by molar-refractivity contribution is 0.264. The third kappa shape index (κ3) is 3.07. The molecule has 0 aliphatic rings. The second kappa shape index (κ2) is 5.77. The average molecular weight is 150 g/mol. The van der Waals surface area contributed by atoms with E-state index >= 15 is 0 Å². The van der Waals surface area contributed by atoms with Crippen LogP contribution < -0.4 is 0 Å². The lowest BCUT2D eigenvalue weighted by Crippen LogP contribution is -2.33. The summed E-state index contributed by atoms with van der Waals surface area (Å²) in [5.41, 5.74) is 0. The van der Waals surface area contributed by atoms with E-state index in [4.69, 9.17) is 11.7 Å². The Morgan fingerprint density at radius 1 is 1.45 bits per heavy atom. The molecule has 0 aromatic heterocycles. The monoisotopic (exact) mass is 150 g/mol. The number of nitrogens with zero attached hydrogens (tertiary/aromatic N) is 2. The molecule has 0 radical (unpaired) electrons. The van der Waals surface area contributed by atoms with Crippen molar-refractivity contribution in [2.45, 2.75) is 26.3 Å². The Balaban J connectivity index is 4.03. The van der Waals surface area contributed by atoms with Crippen molar-refractivity contribution >= 4 is 0 Å². The molecule has 0 saturated carbocycles. The molecule has 11 heavy (non-hydrogen) atoms. The number of nitriles is 1. The van der Waals surface area contributed by atoms with Gasteiger partial charge in [-0.1, -0.05) is 19.8 Å². The van der Waals surface area contributed by atoms with Crippen molar-refractivity contribution in [1.82, 2.24) is 4.90 Å². The molecule has 2 heteroatoms. The summed E-state index contributed by atoms with van der Waals surface area (Å²) < 4.78 is 0. The lowest BCUT2D eigenvalue weighted by atomic mass is 10.2. The second-order valence-corrected chi connectivity index (χ2v) is 2.27. The van der Waals surface area contributed by atoms with E-state index in [9.17, 15) is 0 Å². The number of rotatable bonds is 4. The Labute approximate surface area is 68.8 Å². The minimum absolute atomic E-state index is 0.00463. The van der Waals surface area contributed by atoms with E-state index in [1.165, 1.54) is 0 Å². The number of terminal acetylenes is 1. The van der Waals surface area contributed by atoms with E-state index in [0.29, 0.717) is 6.42 Å². The summed E-state index contributed by atoms with van der Waals surface area (Å²) in [5, 5.41) is 8.44. The van der Waals surface area contributed by atoms with Crippen LogP contribution in [0.25, 0.3) is 0 Å². The molecule has 0 heterocycles. The van der Waals surface area contributed by atoms with E-state index in [1.807, 2.05) is 13.8 Å². The summed E-state index contributed by atoms with van der Waals surface area (Å²) in [5.74, 6) is 2.61. The first kappa shape index (κ1) is 10.0. The van der Waals surface area contributed by atoms with Gasteiger partial charge in [-0.3, -0.25) is 4.90 Å². The normalized spacial score (nSPS) is 12.1.